The molecule has 2 aliphatic heterocycles. The Kier molecular flexibility index (Phi) is 7.03. The second-order valence-corrected chi connectivity index (χ2v) is 10.0. The van der Waals surface area contributed by atoms with Crippen LogP contribution in [0.2, 0.25) is 0 Å². The lowest BCUT2D eigenvalue weighted by molar-refractivity contribution is -0.137. The van der Waals surface area contributed by atoms with Gasteiger partial charge in [-0.2, -0.15) is 4.31 Å². The van der Waals surface area contributed by atoms with Crippen LogP contribution in [0.1, 0.15) is 6.42 Å². The van der Waals surface area contributed by atoms with E-state index < -0.39 is 27.8 Å². The Balaban J connectivity index is 1.42. The van der Waals surface area contributed by atoms with Crippen molar-refractivity contribution in [3.8, 4) is 5.75 Å². The maximum Gasteiger partial charge on any atom is 0.243 e. The number of benzene rings is 2. The quantitative estimate of drug-likeness (QED) is 0.650. The number of piperazine rings is 2. The van der Waals surface area contributed by atoms with Crippen molar-refractivity contribution in [2.75, 3.05) is 51.3 Å². The van der Waals surface area contributed by atoms with Gasteiger partial charge in [0.05, 0.1) is 18.4 Å². The summed E-state index contributed by atoms with van der Waals surface area (Å²) in [4.78, 5) is 29.3. The Bertz CT molecular complexity index is 1130. The number of carbonyl (C=O) groups is 2. The average Bonchev–Trinajstić information content (AvgIpc) is 2.85. The summed E-state index contributed by atoms with van der Waals surface area (Å²) in [5.74, 6) is -0.586. The Labute approximate surface area is 198 Å². The Morgan fingerprint density at radius 3 is 2.29 bits per heavy atom. The number of halogens is 1. The number of sulfonamides is 1. The van der Waals surface area contributed by atoms with E-state index in [-0.39, 0.29) is 30.3 Å². The highest BCUT2D eigenvalue weighted by molar-refractivity contribution is 7.89. The lowest BCUT2D eigenvalue weighted by Crippen LogP contribution is -2.59. The smallest absolute Gasteiger partial charge is 0.243 e. The van der Waals surface area contributed by atoms with E-state index >= 15 is 0 Å². The highest BCUT2D eigenvalue weighted by Gasteiger charge is 2.40. The van der Waals surface area contributed by atoms with Gasteiger partial charge in [-0.05, 0) is 48.5 Å². The van der Waals surface area contributed by atoms with Crippen LogP contribution in [0.25, 0.3) is 0 Å². The molecule has 2 saturated heterocycles. The molecule has 2 heterocycles. The summed E-state index contributed by atoms with van der Waals surface area (Å²) in [6.07, 6.45) is -0.255. The zero-order valence-electron chi connectivity index (χ0n) is 18.8. The number of nitrogens with zero attached hydrogens (tertiary/aromatic N) is 3. The first-order valence-electron chi connectivity index (χ1n) is 11.0. The molecule has 2 amide bonds. The minimum atomic E-state index is -4.07. The standard InChI is InChI=1S/C23H27FN4O5S/c1-33-19-6-4-18(5-7-19)26-12-14-27(15-13-26)22(29)16-21-23(30)25-10-11-28(21)34(31,32)20-8-2-17(24)3-9-20/h2-9,21H,10-16H2,1H3,(H,25,30). The van der Waals surface area contributed by atoms with Gasteiger partial charge in [-0.3, -0.25) is 9.59 Å². The van der Waals surface area contributed by atoms with Crippen LogP contribution in [0.5, 0.6) is 5.75 Å². The molecule has 0 aromatic heterocycles. The number of ether oxygens (including phenoxy) is 1. The number of anilines is 1. The van der Waals surface area contributed by atoms with E-state index in [0.29, 0.717) is 26.2 Å². The molecule has 0 radical (unpaired) electrons. The highest BCUT2D eigenvalue weighted by atomic mass is 32.2. The fraction of sp³-hybridized carbons (Fsp3) is 0.391. The molecule has 11 heteroatoms. The number of amides is 2. The second kappa shape index (κ2) is 9.98. The summed E-state index contributed by atoms with van der Waals surface area (Å²) < 4.78 is 45.8. The van der Waals surface area contributed by atoms with Crippen molar-refractivity contribution in [1.29, 1.82) is 0 Å². The molecule has 4 rings (SSSR count). The molecule has 34 heavy (non-hydrogen) atoms. The van der Waals surface area contributed by atoms with Crippen molar-refractivity contribution in [1.82, 2.24) is 14.5 Å². The molecular formula is C23H27FN4O5S. The third kappa shape index (κ3) is 5.00. The molecule has 1 unspecified atom stereocenters. The topological polar surface area (TPSA) is 99.3 Å². The van der Waals surface area contributed by atoms with Crippen molar-refractivity contribution in [3.05, 3.63) is 54.3 Å². The Hall–Kier alpha value is -3.18. The van der Waals surface area contributed by atoms with Gasteiger partial charge in [-0.15, -0.1) is 0 Å². The lowest BCUT2D eigenvalue weighted by Gasteiger charge is -2.38. The molecular weight excluding hydrogens is 463 g/mol. The van der Waals surface area contributed by atoms with Crippen molar-refractivity contribution in [3.63, 3.8) is 0 Å². The van der Waals surface area contributed by atoms with Crippen LogP contribution in [-0.4, -0.2) is 81.9 Å². The maximum absolute atomic E-state index is 13.3. The molecule has 0 bridgehead atoms. The molecule has 1 N–H and O–H groups in total. The molecule has 2 aliphatic rings. The van der Waals surface area contributed by atoms with Crippen molar-refractivity contribution in [2.45, 2.75) is 17.4 Å². The monoisotopic (exact) mass is 490 g/mol. The van der Waals surface area contributed by atoms with Gasteiger partial charge in [0.15, 0.2) is 0 Å². The van der Waals surface area contributed by atoms with E-state index in [2.05, 4.69) is 10.2 Å². The first-order valence-corrected chi connectivity index (χ1v) is 12.5. The fourth-order valence-corrected chi connectivity index (χ4v) is 5.81. The summed E-state index contributed by atoms with van der Waals surface area (Å²) in [6, 6.07) is 11.0. The molecule has 0 aliphatic carbocycles. The van der Waals surface area contributed by atoms with Crippen LogP contribution in [0, 0.1) is 5.82 Å². The average molecular weight is 491 g/mol. The van der Waals surface area contributed by atoms with Gasteiger partial charge in [0.1, 0.15) is 17.6 Å². The molecule has 0 saturated carbocycles. The number of rotatable bonds is 6. The predicted octanol–water partition coefficient (Wildman–Crippen LogP) is 1.06. The first-order chi connectivity index (χ1) is 16.3. The summed E-state index contributed by atoms with van der Waals surface area (Å²) in [5, 5.41) is 2.65. The predicted molar refractivity (Wildman–Crippen MR) is 123 cm³/mol. The van der Waals surface area contributed by atoms with E-state index in [1.165, 1.54) is 0 Å². The maximum atomic E-state index is 13.3. The van der Waals surface area contributed by atoms with Gasteiger partial charge >= 0.3 is 0 Å². The fourth-order valence-electron chi connectivity index (χ4n) is 4.22. The van der Waals surface area contributed by atoms with Crippen molar-refractivity contribution < 1.29 is 27.1 Å². The van der Waals surface area contributed by atoms with Crippen LogP contribution >= 0.6 is 0 Å². The molecule has 0 spiro atoms. The minimum Gasteiger partial charge on any atom is -0.497 e. The third-order valence-electron chi connectivity index (χ3n) is 6.14. The molecule has 2 aromatic rings. The minimum absolute atomic E-state index is 0.0364. The molecule has 2 fully saturated rings. The summed E-state index contributed by atoms with van der Waals surface area (Å²) >= 11 is 0. The molecule has 182 valence electrons. The van der Waals surface area contributed by atoms with Gasteiger partial charge in [0.25, 0.3) is 0 Å². The number of hydrogen-bond donors (Lipinski definition) is 1. The van der Waals surface area contributed by atoms with Gasteiger partial charge in [-0.1, -0.05) is 0 Å². The third-order valence-corrected chi connectivity index (χ3v) is 8.06. The zero-order valence-corrected chi connectivity index (χ0v) is 19.6. The SMILES string of the molecule is COc1ccc(N2CCN(C(=O)CC3C(=O)NCCN3S(=O)(=O)c3ccc(F)cc3)CC2)cc1. The number of nitrogens with one attached hydrogen (secondary N) is 1. The second-order valence-electron chi connectivity index (χ2n) is 8.15. The van der Waals surface area contributed by atoms with E-state index in [1.54, 1.807) is 12.0 Å². The van der Waals surface area contributed by atoms with Gasteiger partial charge < -0.3 is 19.9 Å². The van der Waals surface area contributed by atoms with Gasteiger partial charge in [-0.25, -0.2) is 12.8 Å². The van der Waals surface area contributed by atoms with Crippen LogP contribution in [0.15, 0.2) is 53.4 Å². The van der Waals surface area contributed by atoms with Crippen molar-refractivity contribution in [2.24, 2.45) is 0 Å². The summed E-state index contributed by atoms with van der Waals surface area (Å²) in [7, 11) is -2.46. The van der Waals surface area contributed by atoms with E-state index in [4.69, 9.17) is 4.74 Å². The van der Waals surface area contributed by atoms with Gasteiger partial charge in [0, 0.05) is 45.0 Å². The van der Waals surface area contributed by atoms with Crippen LogP contribution in [0.4, 0.5) is 10.1 Å². The number of methoxy groups -OCH3 is 1. The van der Waals surface area contributed by atoms with Crippen LogP contribution in [-0.2, 0) is 19.6 Å². The summed E-state index contributed by atoms with van der Waals surface area (Å²) in [5.41, 5.74) is 1.02. The van der Waals surface area contributed by atoms with E-state index in [9.17, 15) is 22.4 Å². The lowest BCUT2D eigenvalue weighted by atomic mass is 10.1. The Morgan fingerprint density at radius 2 is 1.68 bits per heavy atom. The van der Waals surface area contributed by atoms with E-state index in [0.717, 1.165) is 40.0 Å². The van der Waals surface area contributed by atoms with E-state index in [1.807, 2.05) is 24.3 Å². The number of carbonyl (C=O) groups excluding carboxylic acids is 2. The first kappa shape index (κ1) is 24.0. The van der Waals surface area contributed by atoms with Crippen molar-refractivity contribution >= 4 is 27.5 Å². The normalized spacial score (nSPS) is 19.6. The number of hydrogen-bond acceptors (Lipinski definition) is 6. The molecule has 1 atom stereocenters. The molecule has 9 nitrogen and oxygen atoms in total. The van der Waals surface area contributed by atoms with Gasteiger partial charge in [0.2, 0.25) is 21.8 Å². The summed E-state index contributed by atoms with van der Waals surface area (Å²) in [6.45, 7) is 2.34. The van der Waals surface area contributed by atoms with Crippen LogP contribution in [0.3, 0.4) is 0 Å². The molecule has 2 aromatic carbocycles. The van der Waals surface area contributed by atoms with Crippen LogP contribution < -0.4 is 15.0 Å². The highest BCUT2D eigenvalue weighted by Crippen LogP contribution is 2.24. The Morgan fingerprint density at radius 1 is 1.03 bits per heavy atom. The zero-order chi connectivity index (χ0) is 24.3. The largest absolute Gasteiger partial charge is 0.497 e.